The zero-order chi connectivity index (χ0) is 54.6. The van der Waals surface area contributed by atoms with Gasteiger partial charge in [0.15, 0.2) is 23.0 Å². The van der Waals surface area contributed by atoms with Crippen molar-refractivity contribution in [3.63, 3.8) is 0 Å². The fourth-order valence-corrected chi connectivity index (χ4v) is 9.54. The van der Waals surface area contributed by atoms with Crippen molar-refractivity contribution in [3.8, 4) is 23.0 Å². The second-order valence-electron chi connectivity index (χ2n) is 17.4. The minimum absolute atomic E-state index is 0.00620. The standard InChI is InChI=1S/C50H61ClN8O15S/c51-33-29-75-49-41(48(71)59(49)42(33)50(72)73)56-47(70)40(30-13-3-1-4-14-30)55-37(63)19-11-20-39(65)58(74)28-7-2-5-23-52-36(62)21-22-38(64)57(27-12-25-54-46(69)32-16-10-18-35(61)44(32)67)26-8-6-24-53-45(68)31-15-9-17-34(60)43(31)66/h1,3-4,9-10,13-18,40-41,49,60-61,66-67,74H,2,5-8,11-12,19-29H2,(H,52,62)(H,53,68)(H,54,69)(H,55,63)(H,56,70)(H,72,73)/t40-,41-,49?/m1/s1. The Labute approximate surface area is 440 Å². The van der Waals surface area contributed by atoms with Gasteiger partial charge in [-0.15, -0.1) is 11.8 Å². The van der Waals surface area contributed by atoms with Gasteiger partial charge in [-0.3, -0.25) is 48.5 Å². The molecule has 1 saturated heterocycles. The molecule has 0 saturated carbocycles. The van der Waals surface area contributed by atoms with Crippen LogP contribution in [-0.2, 0) is 33.6 Å². The zero-order valence-corrected chi connectivity index (χ0v) is 42.4. The van der Waals surface area contributed by atoms with Crippen LogP contribution >= 0.6 is 23.4 Å². The molecule has 0 bridgehead atoms. The summed E-state index contributed by atoms with van der Waals surface area (Å²) in [6.07, 6.45) is 2.05. The number of β-lactam (4-membered cyclic amide) rings is 1. The third-order valence-corrected chi connectivity index (χ3v) is 13.8. The number of benzene rings is 3. The smallest absolute Gasteiger partial charge is 0.353 e. The normalized spacial score (nSPS) is 15.1. The van der Waals surface area contributed by atoms with Crippen molar-refractivity contribution >= 4 is 76.6 Å². The van der Waals surface area contributed by atoms with E-state index in [2.05, 4.69) is 26.6 Å². The number of carboxylic acids is 1. The number of hydrogen-bond acceptors (Lipinski definition) is 15. The molecule has 1 unspecified atom stereocenters. The Hall–Kier alpha value is -7.57. The van der Waals surface area contributed by atoms with E-state index in [9.17, 15) is 73.9 Å². The first-order valence-corrected chi connectivity index (χ1v) is 25.7. The number of carboxylic acid groups (broad SMARTS) is 1. The average Bonchev–Trinajstić information content (AvgIpc) is 3.39. The number of thioether (sulfide) groups is 1. The molecule has 3 atom stereocenters. The van der Waals surface area contributed by atoms with E-state index >= 15 is 0 Å². The molecule has 2 aliphatic rings. The van der Waals surface area contributed by atoms with Gasteiger partial charge >= 0.3 is 5.97 Å². The first-order valence-electron chi connectivity index (χ1n) is 24.2. The molecule has 0 aromatic heterocycles. The third-order valence-electron chi connectivity index (χ3n) is 12.0. The maximum atomic E-state index is 13.5. The summed E-state index contributed by atoms with van der Waals surface area (Å²) in [6, 6.07) is 14.0. The van der Waals surface area contributed by atoms with E-state index in [0.29, 0.717) is 49.2 Å². The summed E-state index contributed by atoms with van der Waals surface area (Å²) in [5, 5.41) is 72.5. The van der Waals surface area contributed by atoms with E-state index in [1.165, 1.54) is 53.1 Å². The summed E-state index contributed by atoms with van der Waals surface area (Å²) in [7, 11) is 0. The number of unbranched alkanes of at least 4 members (excludes halogenated alkanes) is 3. The van der Waals surface area contributed by atoms with E-state index in [1.807, 2.05) is 0 Å². The molecule has 404 valence electrons. The number of para-hydroxylation sites is 2. The third kappa shape index (κ3) is 16.7. The number of nitrogens with one attached hydrogen (secondary N) is 5. The number of phenolic OH excluding ortho intramolecular Hbond substituents is 4. The summed E-state index contributed by atoms with van der Waals surface area (Å²) in [6.45, 7) is 1.02. The predicted molar refractivity (Wildman–Crippen MR) is 271 cm³/mol. The van der Waals surface area contributed by atoms with E-state index in [1.54, 1.807) is 30.3 Å². The molecule has 1 fully saturated rings. The molecule has 0 radical (unpaired) electrons. The topological polar surface area (TPSA) is 345 Å². The molecule has 25 heteroatoms. The number of aromatic hydroxyl groups is 4. The quantitative estimate of drug-likeness (QED) is 0.0157. The maximum Gasteiger partial charge on any atom is 0.353 e. The molecule has 2 aliphatic heterocycles. The highest BCUT2D eigenvalue weighted by molar-refractivity contribution is 8.00. The van der Waals surface area contributed by atoms with Crippen LogP contribution in [0, 0.1) is 0 Å². The minimum atomic E-state index is -1.37. The van der Waals surface area contributed by atoms with E-state index in [0.717, 1.165) is 4.90 Å². The molecule has 23 nitrogen and oxygen atoms in total. The summed E-state index contributed by atoms with van der Waals surface area (Å²) >= 11 is 7.24. The van der Waals surface area contributed by atoms with Crippen LogP contribution < -0.4 is 26.6 Å². The fourth-order valence-electron chi connectivity index (χ4n) is 7.99. The Bertz CT molecular complexity index is 2610. The van der Waals surface area contributed by atoms with Gasteiger partial charge in [0.05, 0.1) is 16.2 Å². The number of hydrogen-bond donors (Lipinski definition) is 11. The average molecular weight is 1080 g/mol. The first kappa shape index (κ1) is 58.3. The number of aliphatic carboxylic acids is 1. The van der Waals surface area contributed by atoms with Crippen LogP contribution in [-0.4, -0.2) is 155 Å². The zero-order valence-electron chi connectivity index (χ0n) is 40.8. The van der Waals surface area contributed by atoms with Crippen molar-refractivity contribution in [1.29, 1.82) is 0 Å². The fraction of sp³-hybridized carbons (Fsp3) is 0.420. The lowest BCUT2D eigenvalue weighted by atomic mass is 10.0. The number of carbonyl (C=O) groups excluding carboxylic acids is 8. The van der Waals surface area contributed by atoms with Crippen LogP contribution in [0.15, 0.2) is 77.5 Å². The number of rotatable bonds is 29. The lowest BCUT2D eigenvalue weighted by Crippen LogP contribution is -2.71. The van der Waals surface area contributed by atoms with Crippen molar-refractivity contribution in [3.05, 3.63) is 94.1 Å². The SMILES string of the molecule is O=C(CCC(=O)N(CCCCNC(=O)c1cccc(O)c1O)CCCNC(=O)c1cccc(O)c1O)NCCCCCN(O)C(=O)CCCC(=O)N[C@@H](C(=O)N[C@@H]1C(=O)N2C(C(=O)O)=C(Cl)CSC12)c1ccccc1. The Kier molecular flexibility index (Phi) is 22.4. The molecule has 5 rings (SSSR count). The van der Waals surface area contributed by atoms with Gasteiger partial charge in [0.2, 0.25) is 29.5 Å². The Balaban J connectivity index is 0.974. The van der Waals surface area contributed by atoms with Gasteiger partial charge in [-0.1, -0.05) is 54.1 Å². The molecule has 3 aromatic carbocycles. The van der Waals surface area contributed by atoms with Gasteiger partial charge in [0.1, 0.15) is 23.2 Å². The van der Waals surface area contributed by atoms with Crippen molar-refractivity contribution in [2.45, 2.75) is 88.1 Å². The van der Waals surface area contributed by atoms with Crippen LogP contribution in [0.3, 0.4) is 0 Å². The highest BCUT2D eigenvalue weighted by atomic mass is 35.5. The van der Waals surface area contributed by atoms with E-state index in [4.69, 9.17) is 11.6 Å². The lowest BCUT2D eigenvalue weighted by Gasteiger charge is -2.49. The maximum absolute atomic E-state index is 13.5. The molecule has 0 spiro atoms. The van der Waals surface area contributed by atoms with Crippen LogP contribution in [0.2, 0.25) is 0 Å². The van der Waals surface area contributed by atoms with Gasteiger partial charge < -0.3 is 57.0 Å². The van der Waals surface area contributed by atoms with Crippen LogP contribution in [0.1, 0.15) is 103 Å². The number of nitrogens with zero attached hydrogens (tertiary/aromatic N) is 3. The van der Waals surface area contributed by atoms with Crippen molar-refractivity contribution < 1.29 is 73.9 Å². The molecular weight excluding hydrogens is 1020 g/mol. The predicted octanol–water partition coefficient (Wildman–Crippen LogP) is 2.91. The van der Waals surface area contributed by atoms with Crippen molar-refractivity contribution in [1.82, 2.24) is 41.4 Å². The lowest BCUT2D eigenvalue weighted by molar-refractivity contribution is -0.165. The highest BCUT2D eigenvalue weighted by Crippen LogP contribution is 2.41. The molecule has 11 N–H and O–H groups in total. The Morgan fingerprint density at radius 1 is 0.653 bits per heavy atom. The van der Waals surface area contributed by atoms with Gasteiger partial charge in [-0.25, -0.2) is 9.86 Å². The van der Waals surface area contributed by atoms with Crippen LogP contribution in [0.4, 0.5) is 0 Å². The number of fused-ring (bicyclic) bond motifs is 1. The Morgan fingerprint density at radius 2 is 1.24 bits per heavy atom. The molecule has 2 heterocycles. The summed E-state index contributed by atoms with van der Waals surface area (Å²) in [5.74, 6) is -7.72. The summed E-state index contributed by atoms with van der Waals surface area (Å²) in [5.41, 5.74) is -0.143. The number of hydroxylamine groups is 2. The second kappa shape index (κ2) is 28.8. The molecule has 75 heavy (non-hydrogen) atoms. The Morgan fingerprint density at radius 3 is 1.88 bits per heavy atom. The van der Waals surface area contributed by atoms with Crippen LogP contribution in [0.25, 0.3) is 0 Å². The highest BCUT2D eigenvalue weighted by Gasteiger charge is 2.54. The monoisotopic (exact) mass is 1080 g/mol. The second-order valence-corrected chi connectivity index (χ2v) is 19.0. The molecular formula is C50H61ClN8O15S. The number of amides is 8. The molecule has 0 aliphatic carbocycles. The first-order chi connectivity index (χ1) is 35.9. The molecule has 3 aromatic rings. The summed E-state index contributed by atoms with van der Waals surface area (Å²) < 4.78 is 0. The number of halogens is 1. The van der Waals surface area contributed by atoms with Gasteiger partial charge in [-0.2, -0.15) is 0 Å². The molecule has 8 amide bonds. The van der Waals surface area contributed by atoms with Crippen LogP contribution in [0.5, 0.6) is 23.0 Å². The largest absolute Gasteiger partial charge is 0.504 e. The van der Waals surface area contributed by atoms with Gasteiger partial charge in [0, 0.05) is 70.7 Å². The summed E-state index contributed by atoms with van der Waals surface area (Å²) in [4.78, 5) is 118. The van der Waals surface area contributed by atoms with Gasteiger partial charge in [-0.05, 0) is 74.8 Å². The van der Waals surface area contributed by atoms with Gasteiger partial charge in [0.25, 0.3) is 17.7 Å². The van der Waals surface area contributed by atoms with Crippen molar-refractivity contribution in [2.75, 3.05) is 45.0 Å². The van der Waals surface area contributed by atoms with E-state index < -0.39 is 81.9 Å². The van der Waals surface area contributed by atoms with E-state index in [-0.39, 0.29) is 111 Å². The number of carbonyl (C=O) groups is 9. The van der Waals surface area contributed by atoms with Crippen molar-refractivity contribution in [2.24, 2.45) is 0 Å². The minimum Gasteiger partial charge on any atom is -0.504 e. The number of phenols is 4.